The number of nitrogens with one attached hydrogen (secondary N) is 1. The summed E-state index contributed by atoms with van der Waals surface area (Å²) in [4.78, 5) is -0.267. The van der Waals surface area contributed by atoms with Crippen molar-refractivity contribution in [1.29, 1.82) is 0 Å². The van der Waals surface area contributed by atoms with Gasteiger partial charge in [0.2, 0.25) is 10.0 Å². The van der Waals surface area contributed by atoms with Gasteiger partial charge in [0.05, 0.1) is 0 Å². The molecule has 0 saturated heterocycles. The molecule has 0 spiro atoms. The van der Waals surface area contributed by atoms with E-state index in [9.17, 15) is 12.8 Å². The van der Waals surface area contributed by atoms with Crippen molar-refractivity contribution in [1.82, 2.24) is 9.62 Å². The van der Waals surface area contributed by atoms with Crippen LogP contribution >= 0.6 is 0 Å². The number of hydrogen-bond acceptors (Lipinski definition) is 3. The van der Waals surface area contributed by atoms with Crippen LogP contribution in [-0.4, -0.2) is 39.9 Å². The maximum Gasteiger partial charge on any atom is 0.245 e. The van der Waals surface area contributed by atoms with E-state index in [1.165, 1.54) is 19.2 Å². The summed E-state index contributed by atoms with van der Waals surface area (Å²) in [6.07, 6.45) is 0. The zero-order valence-corrected chi connectivity index (χ0v) is 11.0. The first kappa shape index (κ1) is 14.1. The number of benzene rings is 1. The van der Waals surface area contributed by atoms with Crippen LogP contribution in [0.15, 0.2) is 23.1 Å². The molecule has 1 aromatic rings. The molecule has 0 amide bonds. The lowest BCUT2D eigenvalue weighted by atomic mass is 10.2. The van der Waals surface area contributed by atoms with Gasteiger partial charge < -0.3 is 5.32 Å². The molecule has 96 valence electrons. The van der Waals surface area contributed by atoms with E-state index in [2.05, 4.69) is 5.32 Å². The molecule has 0 aromatic heterocycles. The molecule has 0 bridgehead atoms. The van der Waals surface area contributed by atoms with Crippen LogP contribution in [-0.2, 0) is 10.0 Å². The van der Waals surface area contributed by atoms with Crippen LogP contribution < -0.4 is 5.32 Å². The fraction of sp³-hybridized carbons (Fsp3) is 0.455. The Balaban J connectivity index is 3.08. The lowest BCUT2D eigenvalue weighted by molar-refractivity contribution is 0.459. The normalized spacial score (nSPS) is 12.1. The molecule has 6 heteroatoms. The van der Waals surface area contributed by atoms with E-state index in [0.717, 1.165) is 4.31 Å². The number of halogens is 1. The summed E-state index contributed by atoms with van der Waals surface area (Å²) in [5.41, 5.74) is 0.715. The van der Waals surface area contributed by atoms with Gasteiger partial charge in [0.1, 0.15) is 10.7 Å². The van der Waals surface area contributed by atoms with E-state index in [1.807, 2.05) is 0 Å². The quantitative estimate of drug-likeness (QED) is 0.858. The van der Waals surface area contributed by atoms with Crippen molar-refractivity contribution in [2.24, 2.45) is 0 Å². The zero-order valence-electron chi connectivity index (χ0n) is 10.2. The summed E-state index contributed by atoms with van der Waals surface area (Å²) < 4.78 is 38.8. The number of sulfonamides is 1. The number of nitrogens with zero attached hydrogens (tertiary/aromatic N) is 1. The van der Waals surface area contributed by atoms with Gasteiger partial charge in [0.15, 0.2) is 0 Å². The minimum absolute atomic E-state index is 0.267. The predicted molar refractivity (Wildman–Crippen MR) is 64.9 cm³/mol. The second-order valence-electron chi connectivity index (χ2n) is 3.86. The highest BCUT2D eigenvalue weighted by atomic mass is 32.2. The van der Waals surface area contributed by atoms with Gasteiger partial charge in [-0.25, -0.2) is 12.8 Å². The van der Waals surface area contributed by atoms with E-state index in [-0.39, 0.29) is 4.90 Å². The number of likely N-dealkylation sites (N-methyl/N-ethyl adjacent to an activating group) is 2. The number of hydrogen-bond donors (Lipinski definition) is 1. The number of aryl methyl sites for hydroxylation is 1. The summed E-state index contributed by atoms with van der Waals surface area (Å²) >= 11 is 0. The monoisotopic (exact) mass is 260 g/mol. The molecule has 0 aliphatic carbocycles. The first-order chi connectivity index (χ1) is 7.89. The van der Waals surface area contributed by atoms with Gasteiger partial charge in [-0.2, -0.15) is 4.31 Å². The van der Waals surface area contributed by atoms with Crippen LogP contribution in [0.5, 0.6) is 0 Å². The highest BCUT2D eigenvalue weighted by Gasteiger charge is 2.23. The van der Waals surface area contributed by atoms with Gasteiger partial charge >= 0.3 is 0 Å². The van der Waals surface area contributed by atoms with Crippen molar-refractivity contribution in [2.75, 3.05) is 27.2 Å². The molecular formula is C11H17FN2O2S. The molecule has 0 saturated carbocycles. The molecular weight excluding hydrogens is 243 g/mol. The minimum Gasteiger partial charge on any atom is -0.318 e. The first-order valence-corrected chi connectivity index (χ1v) is 6.70. The van der Waals surface area contributed by atoms with Crippen molar-refractivity contribution in [3.63, 3.8) is 0 Å². The van der Waals surface area contributed by atoms with Crippen molar-refractivity contribution in [3.05, 3.63) is 29.6 Å². The van der Waals surface area contributed by atoms with Gasteiger partial charge in [-0.15, -0.1) is 0 Å². The smallest absolute Gasteiger partial charge is 0.245 e. The van der Waals surface area contributed by atoms with Gasteiger partial charge in [-0.05, 0) is 31.7 Å². The van der Waals surface area contributed by atoms with Crippen molar-refractivity contribution in [2.45, 2.75) is 11.8 Å². The average molecular weight is 260 g/mol. The Labute approximate surface area is 101 Å². The van der Waals surface area contributed by atoms with Crippen molar-refractivity contribution in [3.8, 4) is 0 Å². The van der Waals surface area contributed by atoms with Crippen LogP contribution in [0.25, 0.3) is 0 Å². The average Bonchev–Trinajstić information content (AvgIpc) is 2.28. The van der Waals surface area contributed by atoms with Crippen LogP contribution in [0.4, 0.5) is 4.39 Å². The fourth-order valence-corrected chi connectivity index (χ4v) is 2.68. The highest BCUT2D eigenvalue weighted by Crippen LogP contribution is 2.19. The summed E-state index contributed by atoms with van der Waals surface area (Å²) in [7, 11) is -0.577. The Hall–Kier alpha value is -0.980. The van der Waals surface area contributed by atoms with E-state index in [0.29, 0.717) is 18.7 Å². The Morgan fingerprint density at radius 1 is 1.41 bits per heavy atom. The molecule has 0 radical (unpaired) electrons. The second kappa shape index (κ2) is 5.57. The third-order valence-electron chi connectivity index (χ3n) is 2.45. The summed E-state index contributed by atoms with van der Waals surface area (Å²) in [5.74, 6) is -0.716. The highest BCUT2D eigenvalue weighted by molar-refractivity contribution is 7.89. The lowest BCUT2D eigenvalue weighted by Gasteiger charge is -2.17. The predicted octanol–water partition coefficient (Wildman–Crippen LogP) is 0.974. The molecule has 17 heavy (non-hydrogen) atoms. The summed E-state index contributed by atoms with van der Waals surface area (Å²) in [6, 6.07) is 4.07. The molecule has 4 nitrogen and oxygen atoms in total. The Morgan fingerprint density at radius 3 is 2.65 bits per heavy atom. The Kier molecular flexibility index (Phi) is 4.62. The Bertz CT molecular complexity index is 488. The largest absolute Gasteiger partial charge is 0.318 e. The van der Waals surface area contributed by atoms with Gasteiger partial charge in [0.25, 0.3) is 0 Å². The van der Waals surface area contributed by atoms with Gasteiger partial charge in [-0.3, -0.25) is 0 Å². The molecule has 0 heterocycles. The second-order valence-corrected chi connectivity index (χ2v) is 5.88. The third-order valence-corrected chi connectivity index (χ3v) is 4.32. The lowest BCUT2D eigenvalue weighted by Crippen LogP contribution is -2.33. The van der Waals surface area contributed by atoms with E-state index < -0.39 is 15.8 Å². The van der Waals surface area contributed by atoms with Crippen LogP contribution in [0.1, 0.15) is 5.56 Å². The molecule has 1 rings (SSSR count). The molecule has 0 unspecified atom stereocenters. The van der Waals surface area contributed by atoms with Crippen LogP contribution in [0.2, 0.25) is 0 Å². The third kappa shape index (κ3) is 3.24. The van der Waals surface area contributed by atoms with E-state index in [1.54, 1.807) is 20.0 Å². The van der Waals surface area contributed by atoms with Gasteiger partial charge in [-0.1, -0.05) is 6.07 Å². The maximum absolute atomic E-state index is 13.5. The maximum atomic E-state index is 13.5. The molecule has 0 aliphatic rings. The Morgan fingerprint density at radius 2 is 2.06 bits per heavy atom. The molecule has 1 aromatic carbocycles. The van der Waals surface area contributed by atoms with Crippen molar-refractivity contribution >= 4 is 10.0 Å². The molecule has 0 aliphatic heterocycles. The zero-order chi connectivity index (χ0) is 13.1. The first-order valence-electron chi connectivity index (χ1n) is 5.26. The molecule has 1 N–H and O–H groups in total. The van der Waals surface area contributed by atoms with E-state index >= 15 is 0 Å². The van der Waals surface area contributed by atoms with Gasteiger partial charge in [0, 0.05) is 20.1 Å². The minimum atomic E-state index is -3.75. The summed E-state index contributed by atoms with van der Waals surface area (Å²) in [5, 5.41) is 2.85. The van der Waals surface area contributed by atoms with Crippen LogP contribution in [0, 0.1) is 12.7 Å². The van der Waals surface area contributed by atoms with Crippen molar-refractivity contribution < 1.29 is 12.8 Å². The standard InChI is InChI=1S/C11H17FN2O2S/c1-9-4-5-10(12)11(8-9)17(15,16)14(3)7-6-13-2/h4-5,8,13H,6-7H2,1-3H3. The number of rotatable bonds is 5. The van der Waals surface area contributed by atoms with E-state index in [4.69, 9.17) is 0 Å². The molecule has 0 atom stereocenters. The van der Waals surface area contributed by atoms with Crippen LogP contribution in [0.3, 0.4) is 0 Å². The SMILES string of the molecule is CNCCN(C)S(=O)(=O)c1cc(C)ccc1F. The fourth-order valence-electron chi connectivity index (χ4n) is 1.37. The summed E-state index contributed by atoms with van der Waals surface area (Å²) in [6.45, 7) is 2.54. The topological polar surface area (TPSA) is 49.4 Å². The molecule has 0 fully saturated rings.